The van der Waals surface area contributed by atoms with Gasteiger partial charge in [0.1, 0.15) is 16.5 Å². The van der Waals surface area contributed by atoms with Gasteiger partial charge in [0.2, 0.25) is 10.0 Å². The maximum Gasteiger partial charge on any atom is 0.262 e. The van der Waals surface area contributed by atoms with Gasteiger partial charge in [0.25, 0.3) is 5.91 Å². The van der Waals surface area contributed by atoms with E-state index < -0.39 is 10.0 Å². The first-order valence-corrected chi connectivity index (χ1v) is 11.3. The molecule has 5 rings (SSSR count). The molecule has 0 radical (unpaired) electrons. The van der Waals surface area contributed by atoms with Gasteiger partial charge in [-0.15, -0.1) is 10.2 Å². The number of rotatable bonds is 3. The van der Waals surface area contributed by atoms with E-state index in [-0.39, 0.29) is 28.4 Å². The number of aromatic nitrogens is 3. The number of nitrogens with zero attached hydrogens (tertiary/aromatic N) is 4. The minimum atomic E-state index is -3.81. The number of amides is 1. The Kier molecular flexibility index (Phi) is 4.64. The normalized spacial score (nSPS) is 18.1. The van der Waals surface area contributed by atoms with E-state index in [0.717, 1.165) is 11.5 Å². The van der Waals surface area contributed by atoms with Crippen LogP contribution in [0.3, 0.4) is 0 Å². The minimum absolute atomic E-state index is 0.0227. The van der Waals surface area contributed by atoms with Crippen molar-refractivity contribution in [2.24, 2.45) is 0 Å². The molecule has 0 atom stereocenters. The van der Waals surface area contributed by atoms with Crippen LogP contribution in [0.1, 0.15) is 24.6 Å². The van der Waals surface area contributed by atoms with Gasteiger partial charge in [-0.3, -0.25) is 9.20 Å². The van der Waals surface area contributed by atoms with Gasteiger partial charge in [-0.2, -0.15) is 4.31 Å². The smallest absolute Gasteiger partial charge is 0.262 e. The first-order chi connectivity index (χ1) is 14.4. The van der Waals surface area contributed by atoms with Crippen molar-refractivity contribution in [3.8, 4) is 5.75 Å². The number of nitrogens with one attached hydrogen (secondary N) is 1. The molecule has 1 N–H and O–H groups in total. The summed E-state index contributed by atoms with van der Waals surface area (Å²) in [6.45, 7) is 0.533. The Morgan fingerprint density at radius 1 is 1.17 bits per heavy atom. The third-order valence-corrected chi connectivity index (χ3v) is 7.81. The lowest BCUT2D eigenvalue weighted by Gasteiger charge is -2.31. The van der Waals surface area contributed by atoms with Gasteiger partial charge < -0.3 is 10.1 Å². The summed E-state index contributed by atoms with van der Waals surface area (Å²) in [6.07, 6.45) is 3.17. The maximum absolute atomic E-state index is 13.2. The summed E-state index contributed by atoms with van der Waals surface area (Å²) >= 11 is 6.25. The molecule has 3 aromatic rings. The summed E-state index contributed by atoms with van der Waals surface area (Å²) in [7, 11) is -3.81. The molecule has 1 saturated heterocycles. The van der Waals surface area contributed by atoms with Crippen molar-refractivity contribution in [3.63, 3.8) is 0 Å². The molecule has 1 fully saturated rings. The van der Waals surface area contributed by atoms with Gasteiger partial charge in [0.15, 0.2) is 12.3 Å². The fraction of sp³-hybridized carbons (Fsp3) is 0.316. The Morgan fingerprint density at radius 2 is 1.97 bits per heavy atom. The largest absolute Gasteiger partial charge is 0.482 e. The lowest BCUT2D eigenvalue weighted by molar-refractivity contribution is -0.118. The molecule has 0 aliphatic carbocycles. The Labute approximate surface area is 177 Å². The highest BCUT2D eigenvalue weighted by Gasteiger charge is 2.34. The molecular formula is C19H18ClN5O4S. The molecule has 11 heteroatoms. The topological polar surface area (TPSA) is 106 Å². The van der Waals surface area contributed by atoms with Crippen molar-refractivity contribution in [2.75, 3.05) is 25.0 Å². The summed E-state index contributed by atoms with van der Waals surface area (Å²) < 4.78 is 35.2. The summed E-state index contributed by atoms with van der Waals surface area (Å²) in [5, 5.41) is 11.2. The van der Waals surface area contributed by atoms with Crippen LogP contribution < -0.4 is 10.1 Å². The second-order valence-electron chi connectivity index (χ2n) is 7.28. The molecule has 2 aliphatic rings. The highest BCUT2D eigenvalue weighted by Crippen LogP contribution is 2.38. The van der Waals surface area contributed by atoms with Crippen LogP contribution in [0.5, 0.6) is 5.75 Å². The van der Waals surface area contributed by atoms with Gasteiger partial charge in [-0.05, 0) is 31.0 Å². The van der Waals surface area contributed by atoms with E-state index in [1.807, 2.05) is 28.8 Å². The molecule has 0 bridgehead atoms. The van der Waals surface area contributed by atoms with Crippen LogP contribution in [-0.4, -0.2) is 52.9 Å². The number of halogens is 1. The second kappa shape index (κ2) is 7.22. The number of benzene rings is 1. The molecule has 0 saturated carbocycles. The van der Waals surface area contributed by atoms with E-state index in [0.29, 0.717) is 37.4 Å². The number of fused-ring (bicyclic) bond motifs is 2. The van der Waals surface area contributed by atoms with E-state index in [9.17, 15) is 13.2 Å². The van der Waals surface area contributed by atoms with E-state index >= 15 is 0 Å². The van der Waals surface area contributed by atoms with Crippen LogP contribution in [0.25, 0.3) is 5.65 Å². The molecule has 2 aliphatic heterocycles. The average molecular weight is 448 g/mol. The fourth-order valence-corrected chi connectivity index (χ4v) is 5.90. The third kappa shape index (κ3) is 3.21. The van der Waals surface area contributed by atoms with Crippen LogP contribution in [0.2, 0.25) is 5.02 Å². The molecule has 0 spiro atoms. The molecular weight excluding hydrogens is 430 g/mol. The number of hydrogen-bond donors (Lipinski definition) is 1. The number of ether oxygens (including phenoxy) is 1. The Morgan fingerprint density at radius 3 is 2.77 bits per heavy atom. The van der Waals surface area contributed by atoms with Crippen LogP contribution in [0.15, 0.2) is 41.4 Å². The molecule has 1 aromatic carbocycles. The lowest BCUT2D eigenvalue weighted by atomic mass is 9.97. The van der Waals surface area contributed by atoms with Crippen molar-refractivity contribution in [1.29, 1.82) is 0 Å². The maximum atomic E-state index is 13.2. The third-order valence-electron chi connectivity index (χ3n) is 5.44. The zero-order valence-corrected chi connectivity index (χ0v) is 17.4. The Hall–Kier alpha value is -2.69. The quantitative estimate of drug-likeness (QED) is 0.660. The van der Waals surface area contributed by atoms with Gasteiger partial charge in [-0.25, -0.2) is 8.42 Å². The van der Waals surface area contributed by atoms with Crippen LogP contribution in [-0.2, 0) is 14.8 Å². The first-order valence-electron chi connectivity index (χ1n) is 9.49. The standard InChI is InChI=1S/C19H18ClN5O4S/c20-13-9-14-15(29-11-18(26)21-14)10-16(13)30(27,28)24-7-4-12(5-8-24)19-23-22-17-3-1-2-6-25(17)19/h1-3,6,9-10,12H,4-5,7-8,11H2,(H,21,26). The molecule has 4 heterocycles. The zero-order valence-electron chi connectivity index (χ0n) is 15.8. The number of pyridine rings is 1. The van der Waals surface area contributed by atoms with Crippen molar-refractivity contribution in [1.82, 2.24) is 18.9 Å². The number of hydrogen-bond acceptors (Lipinski definition) is 6. The van der Waals surface area contributed by atoms with Crippen molar-refractivity contribution >= 4 is 38.9 Å². The molecule has 0 unspecified atom stereocenters. The summed E-state index contributed by atoms with van der Waals surface area (Å²) in [4.78, 5) is 11.4. The van der Waals surface area contributed by atoms with Crippen LogP contribution in [0.4, 0.5) is 5.69 Å². The number of anilines is 1. The van der Waals surface area contributed by atoms with Gasteiger partial charge >= 0.3 is 0 Å². The Balaban J connectivity index is 1.37. The highest BCUT2D eigenvalue weighted by molar-refractivity contribution is 7.89. The summed E-state index contributed by atoms with van der Waals surface area (Å²) in [6, 6.07) is 8.50. The zero-order chi connectivity index (χ0) is 20.9. The summed E-state index contributed by atoms with van der Waals surface area (Å²) in [5.41, 5.74) is 1.14. The van der Waals surface area contributed by atoms with Crippen molar-refractivity contribution < 1.29 is 17.9 Å². The predicted molar refractivity (Wildman–Crippen MR) is 109 cm³/mol. The molecule has 156 valence electrons. The van der Waals surface area contributed by atoms with Crippen molar-refractivity contribution in [3.05, 3.63) is 47.4 Å². The molecule has 2 aromatic heterocycles. The van der Waals surface area contributed by atoms with E-state index in [2.05, 4.69) is 15.5 Å². The lowest BCUT2D eigenvalue weighted by Crippen LogP contribution is -2.38. The van der Waals surface area contributed by atoms with Gasteiger partial charge in [0, 0.05) is 31.3 Å². The molecule has 9 nitrogen and oxygen atoms in total. The second-order valence-corrected chi connectivity index (χ2v) is 9.59. The predicted octanol–water partition coefficient (Wildman–Crippen LogP) is 2.28. The number of carbonyl (C=O) groups is 1. The number of piperidine rings is 1. The highest BCUT2D eigenvalue weighted by atomic mass is 35.5. The monoisotopic (exact) mass is 447 g/mol. The number of sulfonamides is 1. The first kappa shape index (κ1) is 19.3. The fourth-order valence-electron chi connectivity index (χ4n) is 3.91. The Bertz CT molecular complexity index is 1250. The SMILES string of the molecule is O=C1COc2cc(S(=O)(=O)N3CCC(c4nnc5ccccn45)CC3)c(Cl)cc2N1. The van der Waals surface area contributed by atoms with Crippen LogP contribution >= 0.6 is 11.6 Å². The van der Waals surface area contributed by atoms with Gasteiger partial charge in [0.05, 0.1) is 10.7 Å². The number of carbonyl (C=O) groups excluding carboxylic acids is 1. The summed E-state index contributed by atoms with van der Waals surface area (Å²) in [5.74, 6) is 0.949. The van der Waals surface area contributed by atoms with E-state index in [1.165, 1.54) is 16.4 Å². The van der Waals surface area contributed by atoms with E-state index in [4.69, 9.17) is 16.3 Å². The van der Waals surface area contributed by atoms with Crippen LogP contribution in [0, 0.1) is 0 Å². The van der Waals surface area contributed by atoms with E-state index in [1.54, 1.807) is 0 Å². The van der Waals surface area contributed by atoms with Crippen molar-refractivity contribution in [2.45, 2.75) is 23.7 Å². The molecule has 30 heavy (non-hydrogen) atoms. The molecule has 1 amide bonds. The minimum Gasteiger partial charge on any atom is -0.482 e. The average Bonchev–Trinajstić information content (AvgIpc) is 3.17. The van der Waals surface area contributed by atoms with Gasteiger partial charge in [-0.1, -0.05) is 17.7 Å².